The first-order chi connectivity index (χ1) is 18.8. The van der Waals surface area contributed by atoms with Crippen LogP contribution in [0, 0.1) is 29.7 Å². The van der Waals surface area contributed by atoms with Crippen molar-refractivity contribution in [2.75, 3.05) is 6.61 Å². The van der Waals surface area contributed by atoms with E-state index in [1.54, 1.807) is 6.20 Å². The van der Waals surface area contributed by atoms with Gasteiger partial charge < -0.3 is 19.7 Å². The van der Waals surface area contributed by atoms with Crippen molar-refractivity contribution < 1.29 is 19.7 Å². The third-order valence-corrected chi connectivity index (χ3v) is 7.49. The predicted octanol–water partition coefficient (Wildman–Crippen LogP) is 0.258. The van der Waals surface area contributed by atoms with Gasteiger partial charge in [0.2, 0.25) is 0 Å². The maximum atomic E-state index is 12.1. The van der Waals surface area contributed by atoms with Gasteiger partial charge in [-0.2, -0.15) is 0 Å². The molecule has 0 spiro atoms. The monoisotopic (exact) mass is 576 g/mol. The standard InChI is InChI=1S/C16H24N2O3Si.C11H12N2O5/c1-6-13-11(2)9-14(21-13)18-10-12(7-8-22(3,4)5)15(19)17-16(18)20;1-2-6-4-13(11(17)12-10(6)16)9-3-7(15)8(5-14)18-9/h10-11,13-14H,6,9H2,1-5H3,(H,17,19,20);1,4,7-9,14-15H,3,5H2,(H,12,16,17)/t11-,13-,14-;7-,8-,9-/m11/s1/i7+1,8+1;1+1,2+1. The Kier molecular flexibility index (Phi) is 9.95. The number of ether oxygens (including phenoxy) is 2. The van der Waals surface area contributed by atoms with Gasteiger partial charge in [0.05, 0.1) is 18.8 Å². The van der Waals surface area contributed by atoms with Crippen molar-refractivity contribution in [1.29, 1.82) is 0 Å². The quantitative estimate of drug-likeness (QED) is 0.228. The zero-order chi connectivity index (χ0) is 29.8. The fourth-order valence-electron chi connectivity index (χ4n) is 4.43. The number of rotatable bonds is 4. The third kappa shape index (κ3) is 7.38. The molecule has 2 aliphatic heterocycles. The number of nitrogens with one attached hydrogen (secondary N) is 2. The zero-order valence-corrected chi connectivity index (χ0v) is 24.3. The Hall–Kier alpha value is -3.46. The van der Waals surface area contributed by atoms with Crippen molar-refractivity contribution >= 4 is 8.07 Å². The minimum atomic E-state index is -1.59. The molecule has 0 radical (unpaired) electrons. The van der Waals surface area contributed by atoms with E-state index in [0.29, 0.717) is 11.5 Å². The molecule has 0 bridgehead atoms. The van der Waals surface area contributed by atoms with E-state index in [2.05, 4.69) is 60.8 Å². The molecule has 0 aliphatic carbocycles. The summed E-state index contributed by atoms with van der Waals surface area (Å²) in [6.07, 6.45) is 7.17. The lowest BCUT2D eigenvalue weighted by atomic mass is 10.0. The first-order valence-electron chi connectivity index (χ1n) is 13.1. The number of hydrogen-bond donors (Lipinski definition) is 4. The lowest BCUT2D eigenvalue weighted by molar-refractivity contribution is -0.0459. The molecule has 0 unspecified atom stereocenters. The number of aromatic nitrogens is 4. The SMILES string of the molecule is CC[C@H]1O[C@@H](n2cc([13C]#[13C][Si](C)(C)C)c(=O)[nH]c2=O)C[C@H]1C.[13CH]#[13C]c1cn([C@H]2C[C@@H](O)[C@@H](CO)O2)c(=O)[nH]c1=O. The Bertz CT molecular complexity index is 1550. The number of nitrogens with zero attached hydrogens (tertiary/aromatic N) is 2. The zero-order valence-electron chi connectivity index (χ0n) is 23.3. The lowest BCUT2D eigenvalue weighted by Gasteiger charge is -2.15. The molecule has 4 N–H and O–H groups in total. The van der Waals surface area contributed by atoms with Crippen LogP contribution in [0.5, 0.6) is 0 Å². The van der Waals surface area contributed by atoms with Crippen molar-refractivity contribution in [2.45, 2.75) is 83.5 Å². The van der Waals surface area contributed by atoms with E-state index in [0.717, 1.165) is 17.4 Å². The molecule has 0 saturated carbocycles. The highest BCUT2D eigenvalue weighted by Gasteiger charge is 2.35. The van der Waals surface area contributed by atoms with Crippen LogP contribution in [0.2, 0.25) is 19.6 Å². The summed E-state index contributed by atoms with van der Waals surface area (Å²) in [5.74, 6) is 5.48. The van der Waals surface area contributed by atoms with Crippen LogP contribution in [0.4, 0.5) is 0 Å². The number of aliphatic hydroxyl groups excluding tert-OH is 2. The molecule has 216 valence electrons. The highest BCUT2D eigenvalue weighted by Crippen LogP contribution is 2.33. The van der Waals surface area contributed by atoms with Crippen LogP contribution in [-0.4, -0.2) is 62.3 Å². The second-order valence-corrected chi connectivity index (χ2v) is 15.7. The van der Waals surface area contributed by atoms with Gasteiger partial charge in [0.25, 0.3) is 11.1 Å². The molecule has 2 fully saturated rings. The molecule has 40 heavy (non-hydrogen) atoms. The van der Waals surface area contributed by atoms with Crippen LogP contribution >= 0.6 is 0 Å². The Morgan fingerprint density at radius 2 is 1.50 bits per heavy atom. The Labute approximate surface area is 232 Å². The summed E-state index contributed by atoms with van der Waals surface area (Å²) in [7, 11) is -1.59. The fraction of sp³-hybridized carbons (Fsp3) is 0.556. The van der Waals surface area contributed by atoms with E-state index in [9.17, 15) is 24.3 Å². The maximum absolute atomic E-state index is 12.1. The van der Waals surface area contributed by atoms with Gasteiger partial charge in [-0.25, -0.2) is 9.59 Å². The van der Waals surface area contributed by atoms with Crippen LogP contribution in [0.25, 0.3) is 0 Å². The molecule has 0 aromatic carbocycles. The second kappa shape index (κ2) is 12.8. The third-order valence-electron chi connectivity index (χ3n) is 6.61. The van der Waals surface area contributed by atoms with E-state index in [1.807, 2.05) is 0 Å². The first-order valence-corrected chi connectivity index (χ1v) is 16.6. The fourth-order valence-corrected chi connectivity index (χ4v) is 4.94. The van der Waals surface area contributed by atoms with Crippen molar-refractivity contribution in [3.8, 4) is 23.8 Å². The van der Waals surface area contributed by atoms with Gasteiger partial charge in [0.15, 0.2) is 0 Å². The number of aromatic amines is 2. The Morgan fingerprint density at radius 3 is 1.98 bits per heavy atom. The summed E-state index contributed by atoms with van der Waals surface area (Å²) in [5.41, 5.74) is 1.32. The highest BCUT2D eigenvalue weighted by atomic mass is 28.3. The molecule has 2 aromatic heterocycles. The van der Waals surface area contributed by atoms with Crippen molar-refractivity contribution in [3.63, 3.8) is 0 Å². The number of hydrogen-bond acceptors (Lipinski definition) is 8. The first kappa shape index (κ1) is 31.1. The lowest BCUT2D eigenvalue weighted by Crippen LogP contribution is -2.33. The minimum Gasteiger partial charge on any atom is -0.394 e. The van der Waals surface area contributed by atoms with Gasteiger partial charge in [-0.15, -0.1) is 12.0 Å². The largest absolute Gasteiger partial charge is 0.394 e. The van der Waals surface area contributed by atoms with Gasteiger partial charge in [0.1, 0.15) is 37.8 Å². The number of terminal acetylenes is 1. The van der Waals surface area contributed by atoms with E-state index < -0.39 is 49.0 Å². The summed E-state index contributed by atoms with van der Waals surface area (Å²) in [4.78, 5) is 51.3. The van der Waals surface area contributed by atoms with Crippen LogP contribution < -0.4 is 22.5 Å². The van der Waals surface area contributed by atoms with Crippen LogP contribution in [0.3, 0.4) is 0 Å². The van der Waals surface area contributed by atoms with Gasteiger partial charge in [-0.05, 0) is 18.8 Å². The van der Waals surface area contributed by atoms with Gasteiger partial charge in [0, 0.05) is 18.8 Å². The molecule has 2 saturated heterocycles. The topological polar surface area (TPSA) is 169 Å². The van der Waals surface area contributed by atoms with Crippen LogP contribution in [-0.2, 0) is 9.47 Å². The van der Waals surface area contributed by atoms with Gasteiger partial charge in [-0.1, -0.05) is 45.3 Å². The molecular weight excluding hydrogens is 540 g/mol. The molecule has 6 atom stereocenters. The van der Waals surface area contributed by atoms with E-state index in [4.69, 9.17) is 21.0 Å². The molecule has 0 amide bonds. The Morgan fingerprint density at radius 1 is 0.975 bits per heavy atom. The summed E-state index contributed by atoms with van der Waals surface area (Å²) in [6, 6.07) is 0. The average molecular weight is 577 g/mol. The van der Waals surface area contributed by atoms with Crippen LogP contribution in [0.15, 0.2) is 31.6 Å². The molecule has 4 rings (SSSR count). The van der Waals surface area contributed by atoms with Crippen molar-refractivity contribution in [3.05, 3.63) is 65.2 Å². The molecule has 2 aromatic rings. The molecule has 12 nitrogen and oxygen atoms in total. The Balaban J connectivity index is 0.000000225. The van der Waals surface area contributed by atoms with Crippen molar-refractivity contribution in [2.24, 2.45) is 5.92 Å². The minimum absolute atomic E-state index is 0.000128. The highest BCUT2D eigenvalue weighted by molar-refractivity contribution is 6.83. The maximum Gasteiger partial charge on any atom is 0.330 e. The summed E-state index contributed by atoms with van der Waals surface area (Å²) >= 11 is 0. The van der Waals surface area contributed by atoms with Gasteiger partial charge in [-0.3, -0.25) is 28.7 Å². The van der Waals surface area contributed by atoms with Crippen molar-refractivity contribution in [1.82, 2.24) is 19.1 Å². The molecule has 2 aliphatic rings. The summed E-state index contributed by atoms with van der Waals surface area (Å²) < 4.78 is 13.8. The van der Waals surface area contributed by atoms with E-state index >= 15 is 0 Å². The van der Waals surface area contributed by atoms with E-state index in [1.165, 1.54) is 10.8 Å². The van der Waals surface area contributed by atoms with Gasteiger partial charge >= 0.3 is 11.4 Å². The van der Waals surface area contributed by atoms with E-state index in [-0.39, 0.29) is 30.9 Å². The second-order valence-electron chi connectivity index (χ2n) is 10.9. The average Bonchev–Trinajstić information content (AvgIpc) is 3.44. The molecule has 4 heterocycles. The van der Waals surface area contributed by atoms with Crippen LogP contribution in [0.1, 0.15) is 56.7 Å². The molecular formula is C27H36N4O8Si. The number of aliphatic hydroxyl groups is 2. The predicted molar refractivity (Wildman–Crippen MR) is 150 cm³/mol. The normalized spacial score (nSPS) is 25.9. The summed E-state index contributed by atoms with van der Waals surface area (Å²) in [6.45, 7) is 10.2. The smallest absolute Gasteiger partial charge is 0.330 e. The number of H-pyrrole nitrogens is 2. The summed E-state index contributed by atoms with van der Waals surface area (Å²) in [5, 5.41) is 18.5. The molecule has 13 heteroatoms.